The van der Waals surface area contributed by atoms with Crippen LogP contribution in [0.1, 0.15) is 11.4 Å². The summed E-state index contributed by atoms with van der Waals surface area (Å²) < 4.78 is 1.99. The van der Waals surface area contributed by atoms with E-state index in [0.717, 1.165) is 16.4 Å². The molecule has 8 heteroatoms. The number of thioether (sulfide) groups is 2. The maximum atomic E-state index is 12.4. The lowest BCUT2D eigenvalue weighted by Gasteiger charge is -2.10. The fourth-order valence-electron chi connectivity index (χ4n) is 3.02. The van der Waals surface area contributed by atoms with E-state index in [0.29, 0.717) is 16.6 Å². The average Bonchev–Trinajstić information content (AvgIpc) is 3.21. The first kappa shape index (κ1) is 22.0. The summed E-state index contributed by atoms with van der Waals surface area (Å²) in [5, 5.41) is 21.8. The van der Waals surface area contributed by atoms with E-state index in [1.165, 1.54) is 23.4 Å². The van der Waals surface area contributed by atoms with Crippen molar-refractivity contribution in [1.29, 1.82) is 0 Å². The number of phenols is 1. The lowest BCUT2D eigenvalue weighted by atomic mass is 10.2. The van der Waals surface area contributed by atoms with E-state index < -0.39 is 0 Å². The van der Waals surface area contributed by atoms with Crippen LogP contribution >= 0.6 is 23.5 Å². The van der Waals surface area contributed by atoms with Gasteiger partial charge in [-0.3, -0.25) is 9.36 Å². The monoisotopic (exact) mass is 462 g/mol. The Morgan fingerprint density at radius 2 is 1.75 bits per heavy atom. The summed E-state index contributed by atoms with van der Waals surface area (Å²) in [4.78, 5) is 13.6. The normalized spacial score (nSPS) is 10.8. The fraction of sp³-hybridized carbons (Fsp3) is 0.125. The number of hydrogen-bond acceptors (Lipinski definition) is 6. The molecule has 0 aliphatic heterocycles. The Balaban J connectivity index is 1.48. The molecule has 0 saturated carbocycles. The van der Waals surface area contributed by atoms with Crippen LogP contribution in [0.15, 0.2) is 88.9 Å². The van der Waals surface area contributed by atoms with Gasteiger partial charge in [0.15, 0.2) is 5.16 Å². The van der Waals surface area contributed by atoms with Crippen LogP contribution in [0.25, 0.3) is 5.69 Å². The number of carbonyl (C=O) groups is 1. The second-order valence-electron chi connectivity index (χ2n) is 7.06. The molecule has 0 bridgehead atoms. The predicted molar refractivity (Wildman–Crippen MR) is 130 cm³/mol. The number of aromatic hydroxyl groups is 1. The molecule has 0 atom stereocenters. The highest BCUT2D eigenvalue weighted by atomic mass is 32.2. The van der Waals surface area contributed by atoms with Crippen LogP contribution in [0.5, 0.6) is 5.75 Å². The van der Waals surface area contributed by atoms with Crippen molar-refractivity contribution in [2.45, 2.75) is 22.7 Å². The number of rotatable bonds is 8. The number of nitrogens with one attached hydrogen (secondary N) is 1. The summed E-state index contributed by atoms with van der Waals surface area (Å²) in [7, 11) is 0. The van der Waals surface area contributed by atoms with Crippen LogP contribution in [0.3, 0.4) is 0 Å². The second-order valence-corrected chi connectivity index (χ2v) is 9.05. The van der Waals surface area contributed by atoms with Gasteiger partial charge in [0, 0.05) is 22.3 Å². The number of amides is 1. The standard InChI is InChI=1S/C24H22N4O2S2/c1-17-10-12-21(13-11-17)31-15-22-26-27-24(28(22)19-7-3-2-4-8-19)32-16-23(30)25-18-6-5-9-20(29)14-18/h2-14,29H,15-16H2,1H3,(H,25,30). The fourth-order valence-corrected chi connectivity index (χ4v) is 4.60. The van der Waals surface area contributed by atoms with E-state index in [-0.39, 0.29) is 17.4 Å². The Morgan fingerprint density at radius 1 is 0.969 bits per heavy atom. The van der Waals surface area contributed by atoms with Crippen LogP contribution in [0.4, 0.5) is 5.69 Å². The molecule has 1 aromatic heterocycles. The molecule has 0 aliphatic carbocycles. The maximum absolute atomic E-state index is 12.4. The zero-order valence-corrected chi connectivity index (χ0v) is 19.1. The quantitative estimate of drug-likeness (QED) is 0.346. The molecule has 162 valence electrons. The summed E-state index contributed by atoms with van der Waals surface area (Å²) in [5.41, 5.74) is 2.73. The predicted octanol–water partition coefficient (Wildman–Crippen LogP) is 5.30. The van der Waals surface area contributed by atoms with E-state index >= 15 is 0 Å². The van der Waals surface area contributed by atoms with E-state index in [1.54, 1.807) is 30.0 Å². The van der Waals surface area contributed by atoms with Crippen molar-refractivity contribution >= 4 is 35.1 Å². The van der Waals surface area contributed by atoms with Crippen LogP contribution < -0.4 is 5.32 Å². The number of nitrogens with zero attached hydrogens (tertiary/aromatic N) is 3. The second kappa shape index (κ2) is 10.4. The van der Waals surface area contributed by atoms with E-state index in [2.05, 4.69) is 46.7 Å². The van der Waals surface area contributed by atoms with Gasteiger partial charge in [0.25, 0.3) is 0 Å². The number of aromatic nitrogens is 3. The van der Waals surface area contributed by atoms with Crippen molar-refractivity contribution in [3.63, 3.8) is 0 Å². The lowest BCUT2D eigenvalue weighted by Crippen LogP contribution is -2.14. The first-order valence-electron chi connectivity index (χ1n) is 9.99. The third kappa shape index (κ3) is 5.72. The smallest absolute Gasteiger partial charge is 0.234 e. The molecule has 0 fully saturated rings. The Kier molecular flexibility index (Phi) is 7.14. The largest absolute Gasteiger partial charge is 0.508 e. The topological polar surface area (TPSA) is 80.0 Å². The molecule has 0 unspecified atom stereocenters. The SMILES string of the molecule is Cc1ccc(SCc2nnc(SCC(=O)Nc3cccc(O)c3)n2-c2ccccc2)cc1. The van der Waals surface area contributed by atoms with Crippen LogP contribution in [0.2, 0.25) is 0 Å². The van der Waals surface area contributed by atoms with Gasteiger partial charge >= 0.3 is 0 Å². The molecule has 0 radical (unpaired) electrons. The van der Waals surface area contributed by atoms with E-state index in [1.807, 2.05) is 34.9 Å². The lowest BCUT2D eigenvalue weighted by molar-refractivity contribution is -0.113. The number of benzene rings is 3. The van der Waals surface area contributed by atoms with Crippen LogP contribution in [0, 0.1) is 6.92 Å². The first-order valence-corrected chi connectivity index (χ1v) is 12.0. The number of phenolic OH excluding ortho intramolecular Hbond substituents is 1. The van der Waals surface area contributed by atoms with Crippen molar-refractivity contribution in [3.8, 4) is 11.4 Å². The molecule has 32 heavy (non-hydrogen) atoms. The highest BCUT2D eigenvalue weighted by Gasteiger charge is 2.16. The molecule has 2 N–H and O–H groups in total. The van der Waals surface area contributed by atoms with Crippen molar-refractivity contribution in [2.24, 2.45) is 0 Å². The minimum absolute atomic E-state index is 0.106. The van der Waals surface area contributed by atoms with Gasteiger partial charge in [0.1, 0.15) is 11.6 Å². The molecule has 3 aromatic carbocycles. The van der Waals surface area contributed by atoms with Gasteiger partial charge in [-0.15, -0.1) is 22.0 Å². The van der Waals surface area contributed by atoms with Crippen molar-refractivity contribution in [3.05, 3.63) is 90.3 Å². The van der Waals surface area contributed by atoms with Crippen LogP contribution in [-0.4, -0.2) is 31.5 Å². The van der Waals surface area contributed by atoms with Crippen molar-refractivity contribution in [1.82, 2.24) is 14.8 Å². The minimum Gasteiger partial charge on any atom is -0.508 e. The third-order valence-electron chi connectivity index (χ3n) is 4.57. The molecule has 6 nitrogen and oxygen atoms in total. The summed E-state index contributed by atoms with van der Waals surface area (Å²) in [5.74, 6) is 1.57. The molecule has 0 spiro atoms. The summed E-state index contributed by atoms with van der Waals surface area (Å²) in [6, 6.07) is 24.8. The molecule has 1 heterocycles. The van der Waals surface area contributed by atoms with E-state index in [9.17, 15) is 9.90 Å². The van der Waals surface area contributed by atoms with Crippen LogP contribution in [-0.2, 0) is 10.5 Å². The van der Waals surface area contributed by atoms with Gasteiger partial charge in [-0.25, -0.2) is 0 Å². The molecule has 0 saturated heterocycles. The minimum atomic E-state index is -0.182. The van der Waals surface area contributed by atoms with Crippen molar-refractivity contribution < 1.29 is 9.90 Å². The molecule has 4 rings (SSSR count). The number of hydrogen-bond donors (Lipinski definition) is 2. The number of anilines is 1. The van der Waals surface area contributed by atoms with Gasteiger partial charge in [0.2, 0.25) is 5.91 Å². The number of carbonyl (C=O) groups excluding carboxylic acids is 1. The third-order valence-corrected chi connectivity index (χ3v) is 6.50. The molecular weight excluding hydrogens is 440 g/mol. The Hall–Kier alpha value is -3.23. The molecular formula is C24H22N4O2S2. The summed E-state index contributed by atoms with van der Waals surface area (Å²) in [6.07, 6.45) is 0. The van der Waals surface area contributed by atoms with Crippen molar-refractivity contribution in [2.75, 3.05) is 11.1 Å². The average molecular weight is 463 g/mol. The maximum Gasteiger partial charge on any atom is 0.234 e. The van der Waals surface area contributed by atoms with Gasteiger partial charge in [0.05, 0.1) is 11.5 Å². The summed E-state index contributed by atoms with van der Waals surface area (Å²) in [6.45, 7) is 2.07. The Bertz CT molecular complexity index is 1190. The number of para-hydroxylation sites is 1. The van der Waals surface area contributed by atoms with Gasteiger partial charge in [-0.05, 0) is 43.3 Å². The molecule has 4 aromatic rings. The molecule has 0 aliphatic rings. The molecule has 1 amide bonds. The van der Waals surface area contributed by atoms with E-state index in [4.69, 9.17) is 0 Å². The van der Waals surface area contributed by atoms with Gasteiger partial charge < -0.3 is 10.4 Å². The zero-order chi connectivity index (χ0) is 22.3. The first-order chi connectivity index (χ1) is 15.6. The van der Waals surface area contributed by atoms with Gasteiger partial charge in [-0.2, -0.15) is 0 Å². The Morgan fingerprint density at radius 3 is 2.50 bits per heavy atom. The summed E-state index contributed by atoms with van der Waals surface area (Å²) >= 11 is 3.02. The highest BCUT2D eigenvalue weighted by Crippen LogP contribution is 2.27. The Labute approximate surface area is 195 Å². The highest BCUT2D eigenvalue weighted by molar-refractivity contribution is 7.99. The zero-order valence-electron chi connectivity index (χ0n) is 17.4. The van der Waals surface area contributed by atoms with Gasteiger partial charge in [-0.1, -0.05) is 53.7 Å². The number of aryl methyl sites for hydroxylation is 1.